The van der Waals surface area contributed by atoms with Gasteiger partial charge in [0.1, 0.15) is 12.4 Å². The first-order valence-corrected chi connectivity index (χ1v) is 10.7. The molecule has 0 saturated carbocycles. The summed E-state index contributed by atoms with van der Waals surface area (Å²) in [6, 6.07) is 10.1. The second-order valence-corrected chi connectivity index (χ2v) is 8.73. The van der Waals surface area contributed by atoms with Crippen LogP contribution >= 0.6 is 11.6 Å². The van der Waals surface area contributed by atoms with Crippen LogP contribution in [0.25, 0.3) is 11.1 Å². The Morgan fingerprint density at radius 2 is 2.03 bits per heavy atom. The van der Waals surface area contributed by atoms with Gasteiger partial charge in [0.2, 0.25) is 15.9 Å². The monoisotopic (exact) mass is 436 g/mol. The second kappa shape index (κ2) is 8.22. The number of carbonyl (C=O) groups excluding carboxylic acids is 1. The zero-order valence-corrected chi connectivity index (χ0v) is 17.2. The highest BCUT2D eigenvalue weighted by atomic mass is 35.5. The number of carbonyl (C=O) groups is 1. The summed E-state index contributed by atoms with van der Waals surface area (Å²) in [6.07, 6.45) is 4.22. The van der Waals surface area contributed by atoms with Gasteiger partial charge in [0, 0.05) is 35.1 Å². The SMILES string of the molecule is Cn1cc(-c2cc(F)ccc2NC(=O)CN(c2cccc(Cl)c2)S(C)(=O)=O)cn1. The predicted octanol–water partition coefficient (Wildman–Crippen LogP) is 3.28. The van der Waals surface area contributed by atoms with E-state index in [1.165, 1.54) is 24.3 Å². The van der Waals surface area contributed by atoms with Gasteiger partial charge in [-0.3, -0.25) is 13.8 Å². The van der Waals surface area contributed by atoms with Crippen LogP contribution in [0.4, 0.5) is 15.8 Å². The van der Waals surface area contributed by atoms with Gasteiger partial charge in [-0.25, -0.2) is 12.8 Å². The summed E-state index contributed by atoms with van der Waals surface area (Å²) in [5.41, 5.74) is 1.64. The van der Waals surface area contributed by atoms with E-state index in [0.29, 0.717) is 21.8 Å². The molecule has 0 spiro atoms. The molecule has 0 radical (unpaired) electrons. The molecule has 152 valence electrons. The van der Waals surface area contributed by atoms with Crippen LogP contribution in [0.2, 0.25) is 5.02 Å². The molecule has 0 bridgehead atoms. The number of aryl methyl sites for hydroxylation is 1. The molecule has 0 atom stereocenters. The number of hydrogen-bond donors (Lipinski definition) is 1. The minimum atomic E-state index is -3.75. The molecule has 1 heterocycles. The molecule has 29 heavy (non-hydrogen) atoms. The lowest BCUT2D eigenvalue weighted by atomic mass is 10.1. The molecule has 0 aliphatic heterocycles. The van der Waals surface area contributed by atoms with E-state index in [2.05, 4.69) is 10.4 Å². The molecule has 2 aromatic carbocycles. The molecule has 0 saturated heterocycles. The van der Waals surface area contributed by atoms with Gasteiger partial charge in [-0.1, -0.05) is 17.7 Å². The van der Waals surface area contributed by atoms with E-state index in [1.807, 2.05) is 0 Å². The maximum Gasteiger partial charge on any atom is 0.245 e. The van der Waals surface area contributed by atoms with Crippen molar-refractivity contribution in [3.63, 3.8) is 0 Å². The van der Waals surface area contributed by atoms with Crippen molar-refractivity contribution in [2.75, 3.05) is 22.4 Å². The topological polar surface area (TPSA) is 84.3 Å². The molecule has 0 unspecified atom stereocenters. The zero-order valence-electron chi connectivity index (χ0n) is 15.6. The van der Waals surface area contributed by atoms with Crippen molar-refractivity contribution in [2.24, 2.45) is 7.05 Å². The minimum absolute atomic E-state index is 0.265. The summed E-state index contributed by atoms with van der Waals surface area (Å²) in [4.78, 5) is 12.6. The van der Waals surface area contributed by atoms with Crippen molar-refractivity contribution in [3.8, 4) is 11.1 Å². The molecule has 1 N–H and O–H groups in total. The van der Waals surface area contributed by atoms with Gasteiger partial charge in [0.25, 0.3) is 0 Å². The molecular formula is C19H18ClFN4O3S. The maximum absolute atomic E-state index is 13.8. The van der Waals surface area contributed by atoms with Crippen LogP contribution in [-0.4, -0.2) is 36.9 Å². The summed E-state index contributed by atoms with van der Waals surface area (Å²) < 4.78 is 40.7. The molecule has 0 fully saturated rings. The van der Waals surface area contributed by atoms with E-state index in [0.717, 1.165) is 10.6 Å². The first-order valence-electron chi connectivity index (χ1n) is 8.45. The summed E-state index contributed by atoms with van der Waals surface area (Å²) >= 11 is 5.95. The molecule has 1 aromatic heterocycles. The van der Waals surface area contributed by atoms with E-state index in [-0.39, 0.29) is 5.69 Å². The molecule has 3 rings (SSSR count). The molecule has 0 aliphatic rings. The molecule has 7 nitrogen and oxygen atoms in total. The number of anilines is 2. The highest BCUT2D eigenvalue weighted by molar-refractivity contribution is 7.92. The van der Waals surface area contributed by atoms with Crippen molar-refractivity contribution < 1.29 is 17.6 Å². The average molecular weight is 437 g/mol. The van der Waals surface area contributed by atoms with Gasteiger partial charge in [0.15, 0.2) is 0 Å². The lowest BCUT2D eigenvalue weighted by Crippen LogP contribution is -2.37. The first kappa shape index (κ1) is 20.8. The van der Waals surface area contributed by atoms with Gasteiger partial charge in [-0.2, -0.15) is 5.10 Å². The number of aromatic nitrogens is 2. The van der Waals surface area contributed by atoms with Crippen LogP contribution in [0, 0.1) is 5.82 Å². The van der Waals surface area contributed by atoms with Crippen LogP contribution in [0.3, 0.4) is 0 Å². The number of sulfonamides is 1. The van der Waals surface area contributed by atoms with Gasteiger partial charge < -0.3 is 5.32 Å². The lowest BCUT2D eigenvalue weighted by molar-refractivity contribution is -0.114. The molecule has 1 amide bonds. The molecule has 0 aliphatic carbocycles. The fourth-order valence-electron chi connectivity index (χ4n) is 2.78. The second-order valence-electron chi connectivity index (χ2n) is 6.39. The van der Waals surface area contributed by atoms with Gasteiger partial charge in [-0.15, -0.1) is 0 Å². The summed E-state index contributed by atoms with van der Waals surface area (Å²) in [6.45, 7) is -0.469. The van der Waals surface area contributed by atoms with Crippen LogP contribution in [0.15, 0.2) is 54.9 Å². The normalized spacial score (nSPS) is 11.3. The predicted molar refractivity (Wildman–Crippen MR) is 111 cm³/mol. The third-order valence-corrected chi connectivity index (χ3v) is 5.43. The van der Waals surface area contributed by atoms with Crippen molar-refractivity contribution in [2.45, 2.75) is 0 Å². The molecule has 3 aromatic rings. The first-order chi connectivity index (χ1) is 13.6. The summed E-state index contributed by atoms with van der Waals surface area (Å²) in [5.74, 6) is -1.06. The van der Waals surface area contributed by atoms with Crippen molar-refractivity contribution in [1.82, 2.24) is 9.78 Å². The Morgan fingerprint density at radius 1 is 1.28 bits per heavy atom. The number of halogens is 2. The number of benzene rings is 2. The third kappa shape index (κ3) is 5.12. The lowest BCUT2D eigenvalue weighted by Gasteiger charge is -2.22. The minimum Gasteiger partial charge on any atom is -0.324 e. The fraction of sp³-hybridized carbons (Fsp3) is 0.158. The number of nitrogens with zero attached hydrogens (tertiary/aromatic N) is 3. The Balaban J connectivity index is 1.88. The zero-order chi connectivity index (χ0) is 21.2. The van der Waals surface area contributed by atoms with Gasteiger partial charge in [-0.05, 0) is 36.4 Å². The van der Waals surface area contributed by atoms with Crippen LogP contribution in [0.1, 0.15) is 0 Å². The highest BCUT2D eigenvalue weighted by Gasteiger charge is 2.22. The number of amides is 1. The summed E-state index contributed by atoms with van der Waals surface area (Å²) in [7, 11) is -2.03. The third-order valence-electron chi connectivity index (χ3n) is 4.06. The van der Waals surface area contributed by atoms with E-state index in [9.17, 15) is 17.6 Å². The number of nitrogens with one attached hydrogen (secondary N) is 1. The Labute approximate surface area is 172 Å². The van der Waals surface area contributed by atoms with Crippen LogP contribution < -0.4 is 9.62 Å². The van der Waals surface area contributed by atoms with Crippen molar-refractivity contribution >= 4 is 38.9 Å². The van der Waals surface area contributed by atoms with Gasteiger partial charge in [0.05, 0.1) is 18.1 Å². The highest BCUT2D eigenvalue weighted by Crippen LogP contribution is 2.29. The quantitative estimate of drug-likeness (QED) is 0.642. The Hall–Kier alpha value is -2.91. The van der Waals surface area contributed by atoms with Crippen molar-refractivity contribution in [1.29, 1.82) is 0 Å². The van der Waals surface area contributed by atoms with E-state index in [1.54, 1.807) is 42.3 Å². The smallest absolute Gasteiger partial charge is 0.245 e. The fourth-order valence-corrected chi connectivity index (χ4v) is 3.81. The van der Waals surface area contributed by atoms with Crippen LogP contribution in [0.5, 0.6) is 0 Å². The Kier molecular flexibility index (Phi) is 5.90. The molecular weight excluding hydrogens is 419 g/mol. The average Bonchev–Trinajstić information content (AvgIpc) is 3.06. The maximum atomic E-state index is 13.8. The van der Waals surface area contributed by atoms with E-state index in [4.69, 9.17) is 11.6 Å². The standard InChI is InChI=1S/C19H18ClFN4O3S/c1-24-11-13(10-22-24)17-9-15(21)6-7-18(17)23-19(26)12-25(29(2,27)28)16-5-3-4-14(20)8-16/h3-11H,12H2,1-2H3,(H,23,26). The van der Waals surface area contributed by atoms with E-state index >= 15 is 0 Å². The van der Waals surface area contributed by atoms with Crippen LogP contribution in [-0.2, 0) is 21.9 Å². The largest absolute Gasteiger partial charge is 0.324 e. The Bertz CT molecular complexity index is 1160. The number of hydrogen-bond acceptors (Lipinski definition) is 4. The molecule has 10 heteroatoms. The Morgan fingerprint density at radius 3 is 2.66 bits per heavy atom. The van der Waals surface area contributed by atoms with E-state index < -0.39 is 28.3 Å². The van der Waals surface area contributed by atoms with Crippen molar-refractivity contribution in [3.05, 3.63) is 65.7 Å². The summed E-state index contributed by atoms with van der Waals surface area (Å²) in [5, 5.41) is 7.05. The number of rotatable bonds is 6. The van der Waals surface area contributed by atoms with Gasteiger partial charge >= 0.3 is 0 Å².